The fraction of sp³-hybridized carbons (Fsp3) is 0.714. The second-order valence-corrected chi connectivity index (χ2v) is 2.68. The molecule has 0 fully saturated rings. The van der Waals surface area contributed by atoms with Crippen molar-refractivity contribution in [1.82, 2.24) is 5.32 Å². The molecule has 0 radical (unpaired) electrons. The van der Waals surface area contributed by atoms with Crippen LogP contribution < -0.4 is 11.1 Å². The third kappa shape index (κ3) is 2.40. The van der Waals surface area contributed by atoms with E-state index in [9.17, 15) is 4.79 Å². The van der Waals surface area contributed by atoms with Gasteiger partial charge in [0, 0.05) is 20.6 Å². The molecular weight excluding hydrogens is 174 g/mol. The van der Waals surface area contributed by atoms with Gasteiger partial charge < -0.3 is 20.5 Å². The van der Waals surface area contributed by atoms with Crippen LogP contribution in [-0.4, -0.2) is 38.4 Å². The van der Waals surface area contributed by atoms with Gasteiger partial charge in [-0.25, -0.2) is 4.79 Å². The minimum Gasteiger partial charge on any atom is -0.385 e. The molecule has 0 spiro atoms. The van der Waals surface area contributed by atoms with Crippen LogP contribution in [0.25, 0.3) is 0 Å². The third-order valence-corrected chi connectivity index (χ3v) is 1.84. The second kappa shape index (κ2) is 4.20. The van der Waals surface area contributed by atoms with E-state index in [1.54, 1.807) is 0 Å². The maximum atomic E-state index is 10.8. The van der Waals surface area contributed by atoms with Gasteiger partial charge in [0.25, 0.3) is 0 Å². The molecule has 6 nitrogen and oxygen atoms in total. The lowest BCUT2D eigenvalue weighted by Gasteiger charge is -2.17. The lowest BCUT2D eigenvalue weighted by molar-refractivity contribution is -0.107. The van der Waals surface area contributed by atoms with E-state index < -0.39 is 6.03 Å². The van der Waals surface area contributed by atoms with Gasteiger partial charge in [-0.1, -0.05) is 0 Å². The number of nitrogens with one attached hydrogen (secondary N) is 1. The second-order valence-electron chi connectivity index (χ2n) is 2.68. The molecule has 0 saturated heterocycles. The third-order valence-electron chi connectivity index (χ3n) is 1.84. The Balaban J connectivity index is 2.46. The molecule has 0 saturated carbocycles. The van der Waals surface area contributed by atoms with E-state index in [0.717, 1.165) is 0 Å². The Bertz CT molecular complexity index is 225. The number of nitrogens with zero attached hydrogens (tertiary/aromatic N) is 1. The zero-order valence-corrected chi connectivity index (χ0v) is 7.61. The number of aliphatic imine (C=N–C) groups is 1. The van der Waals surface area contributed by atoms with Crippen LogP contribution >= 0.6 is 0 Å². The molecule has 1 aliphatic heterocycles. The van der Waals surface area contributed by atoms with Gasteiger partial charge in [-0.3, -0.25) is 0 Å². The van der Waals surface area contributed by atoms with Crippen LogP contribution in [0.1, 0.15) is 6.42 Å². The van der Waals surface area contributed by atoms with Gasteiger partial charge in [-0.15, -0.1) is 0 Å². The molecule has 6 heteroatoms. The monoisotopic (exact) mass is 187 g/mol. The summed E-state index contributed by atoms with van der Waals surface area (Å²) in [5, 5.41) is 2.58. The Kier molecular flexibility index (Phi) is 3.21. The standard InChI is InChI=1S/C7H13N3O3/c1-12-5(13-2)3-4-6(8)10-7(11)9-4/h4-5H,3H2,1-2H3,(H3,8,9,10,11). The maximum Gasteiger partial charge on any atom is 0.343 e. The van der Waals surface area contributed by atoms with Gasteiger partial charge >= 0.3 is 6.03 Å². The smallest absolute Gasteiger partial charge is 0.343 e. The van der Waals surface area contributed by atoms with Crippen molar-refractivity contribution in [3.05, 3.63) is 0 Å². The number of carbonyl (C=O) groups is 1. The van der Waals surface area contributed by atoms with Crippen molar-refractivity contribution in [3.8, 4) is 0 Å². The number of amidine groups is 1. The lowest BCUT2D eigenvalue weighted by Crippen LogP contribution is -2.39. The summed E-state index contributed by atoms with van der Waals surface area (Å²) in [6.07, 6.45) is 0.0887. The van der Waals surface area contributed by atoms with E-state index >= 15 is 0 Å². The van der Waals surface area contributed by atoms with Crippen molar-refractivity contribution >= 4 is 11.9 Å². The van der Waals surface area contributed by atoms with E-state index in [1.165, 1.54) is 14.2 Å². The summed E-state index contributed by atoms with van der Waals surface area (Å²) < 4.78 is 9.92. The Morgan fingerprint density at radius 1 is 1.62 bits per heavy atom. The van der Waals surface area contributed by atoms with Crippen molar-refractivity contribution in [3.63, 3.8) is 0 Å². The average Bonchev–Trinajstić information content (AvgIpc) is 2.41. The SMILES string of the molecule is COC(CC1NC(=O)N=C1N)OC. The number of rotatable bonds is 4. The molecule has 0 aliphatic carbocycles. The van der Waals surface area contributed by atoms with Crippen molar-refractivity contribution in [2.75, 3.05) is 14.2 Å². The molecule has 0 aromatic rings. The highest BCUT2D eigenvalue weighted by Gasteiger charge is 2.26. The number of ether oxygens (including phenoxy) is 2. The van der Waals surface area contributed by atoms with Crippen LogP contribution in [-0.2, 0) is 9.47 Å². The molecule has 1 heterocycles. The highest BCUT2D eigenvalue weighted by Crippen LogP contribution is 2.07. The van der Waals surface area contributed by atoms with Gasteiger partial charge in [0.15, 0.2) is 6.29 Å². The van der Waals surface area contributed by atoms with E-state index in [2.05, 4.69) is 10.3 Å². The van der Waals surface area contributed by atoms with Crippen LogP contribution in [0.4, 0.5) is 4.79 Å². The quantitative estimate of drug-likeness (QED) is 0.578. The average molecular weight is 187 g/mol. The molecule has 74 valence electrons. The summed E-state index contributed by atoms with van der Waals surface area (Å²) in [7, 11) is 3.05. The summed E-state index contributed by atoms with van der Waals surface area (Å²) in [4.78, 5) is 14.3. The predicted molar refractivity (Wildman–Crippen MR) is 46.4 cm³/mol. The summed E-state index contributed by atoms with van der Waals surface area (Å²) in [6, 6.07) is -0.689. The fourth-order valence-electron chi connectivity index (χ4n) is 1.11. The molecule has 3 N–H and O–H groups in total. The van der Waals surface area contributed by atoms with Gasteiger partial charge in [-0.05, 0) is 0 Å². The summed E-state index contributed by atoms with van der Waals surface area (Å²) in [5.41, 5.74) is 5.48. The first kappa shape index (κ1) is 9.94. The Morgan fingerprint density at radius 2 is 2.23 bits per heavy atom. The van der Waals surface area contributed by atoms with Gasteiger partial charge in [-0.2, -0.15) is 4.99 Å². The van der Waals surface area contributed by atoms with E-state index in [0.29, 0.717) is 6.42 Å². The van der Waals surface area contributed by atoms with Crippen molar-refractivity contribution in [2.24, 2.45) is 10.7 Å². The molecule has 1 unspecified atom stereocenters. The Hall–Kier alpha value is -1.14. The normalized spacial score (nSPS) is 21.9. The first-order valence-corrected chi connectivity index (χ1v) is 3.87. The topological polar surface area (TPSA) is 85.9 Å². The van der Waals surface area contributed by atoms with Gasteiger partial charge in [0.2, 0.25) is 0 Å². The number of nitrogens with two attached hydrogens (primary N) is 1. The molecule has 2 amide bonds. The number of carbonyl (C=O) groups excluding carboxylic acids is 1. The number of hydrogen-bond acceptors (Lipinski definition) is 4. The summed E-state index contributed by atoms with van der Waals surface area (Å²) in [5.74, 6) is 0.282. The summed E-state index contributed by atoms with van der Waals surface area (Å²) >= 11 is 0. The molecule has 13 heavy (non-hydrogen) atoms. The number of amides is 2. The molecule has 0 bridgehead atoms. The van der Waals surface area contributed by atoms with Gasteiger partial charge in [0.1, 0.15) is 5.84 Å². The van der Waals surface area contributed by atoms with Gasteiger partial charge in [0.05, 0.1) is 6.04 Å². The van der Waals surface area contributed by atoms with E-state index in [1.807, 2.05) is 0 Å². The molecule has 1 atom stereocenters. The molecule has 1 aliphatic rings. The fourth-order valence-corrected chi connectivity index (χ4v) is 1.11. The Morgan fingerprint density at radius 3 is 2.62 bits per heavy atom. The molecule has 1 rings (SSSR count). The first-order chi connectivity index (χ1) is 6.17. The first-order valence-electron chi connectivity index (χ1n) is 3.87. The zero-order valence-electron chi connectivity index (χ0n) is 7.61. The minimum atomic E-state index is -0.409. The van der Waals surface area contributed by atoms with Crippen LogP contribution in [0.15, 0.2) is 4.99 Å². The number of hydrogen-bond donors (Lipinski definition) is 2. The molecule has 0 aromatic heterocycles. The van der Waals surface area contributed by atoms with E-state index in [4.69, 9.17) is 15.2 Å². The lowest BCUT2D eigenvalue weighted by atomic mass is 10.2. The predicted octanol–water partition coefficient (Wildman–Crippen LogP) is -0.556. The zero-order chi connectivity index (χ0) is 9.84. The highest BCUT2D eigenvalue weighted by atomic mass is 16.7. The van der Waals surface area contributed by atoms with Crippen LogP contribution in [0.2, 0.25) is 0 Å². The van der Waals surface area contributed by atoms with E-state index in [-0.39, 0.29) is 18.2 Å². The Labute approximate surface area is 76.1 Å². The van der Waals surface area contributed by atoms with Crippen LogP contribution in [0.5, 0.6) is 0 Å². The molecular formula is C7H13N3O3. The highest BCUT2D eigenvalue weighted by molar-refractivity contribution is 6.02. The molecule has 0 aromatic carbocycles. The van der Waals surface area contributed by atoms with Crippen molar-refractivity contribution in [1.29, 1.82) is 0 Å². The maximum absolute atomic E-state index is 10.8. The van der Waals surface area contributed by atoms with Crippen LogP contribution in [0.3, 0.4) is 0 Å². The summed E-state index contributed by atoms with van der Waals surface area (Å²) in [6.45, 7) is 0. The minimum absolute atomic E-state index is 0.280. The van der Waals surface area contributed by atoms with Crippen LogP contribution in [0, 0.1) is 0 Å². The van der Waals surface area contributed by atoms with Crippen molar-refractivity contribution in [2.45, 2.75) is 18.8 Å². The number of methoxy groups -OCH3 is 2. The largest absolute Gasteiger partial charge is 0.385 e. The van der Waals surface area contributed by atoms with Crippen molar-refractivity contribution < 1.29 is 14.3 Å². The number of urea groups is 1.